The third-order valence-corrected chi connectivity index (χ3v) is 10.5. The molecule has 0 saturated carbocycles. The Bertz CT molecular complexity index is 1610. The SMILES string of the molecule is Cc1cc2occ(COc3cccc4[nH]c(C(=O)NC5CCN(C[C@@H]6CCCN7CCCC[C@]67N)CC5)cc34)c2cc1C. The molecule has 3 aliphatic rings. The largest absolute Gasteiger partial charge is 0.488 e. The lowest BCUT2D eigenvalue weighted by atomic mass is 9.77. The quantitative estimate of drug-likeness (QED) is 0.252. The van der Waals surface area contributed by atoms with Gasteiger partial charge in [-0.05, 0) is 113 Å². The Morgan fingerprint density at radius 2 is 1.86 bits per heavy atom. The molecule has 5 heterocycles. The fraction of sp³-hybridized carbons (Fsp3) is 0.514. The summed E-state index contributed by atoms with van der Waals surface area (Å²) in [6.07, 6.45) is 9.85. The van der Waals surface area contributed by atoms with Crippen molar-refractivity contribution in [3.63, 3.8) is 0 Å². The van der Waals surface area contributed by atoms with Gasteiger partial charge in [0.15, 0.2) is 0 Å². The summed E-state index contributed by atoms with van der Waals surface area (Å²) in [5.74, 6) is 1.23. The van der Waals surface area contributed by atoms with Crippen LogP contribution in [0.1, 0.15) is 72.1 Å². The van der Waals surface area contributed by atoms with Crippen LogP contribution in [-0.2, 0) is 6.61 Å². The number of aryl methyl sites for hydroxylation is 2. The predicted octanol–water partition coefficient (Wildman–Crippen LogP) is 5.86. The molecule has 8 nitrogen and oxygen atoms in total. The van der Waals surface area contributed by atoms with Gasteiger partial charge in [-0.2, -0.15) is 0 Å². The zero-order valence-corrected chi connectivity index (χ0v) is 25.6. The van der Waals surface area contributed by atoms with Crippen molar-refractivity contribution in [2.24, 2.45) is 11.7 Å². The summed E-state index contributed by atoms with van der Waals surface area (Å²) < 4.78 is 12.1. The fourth-order valence-electron chi connectivity index (χ4n) is 7.70. The van der Waals surface area contributed by atoms with E-state index in [4.69, 9.17) is 14.9 Å². The first-order valence-electron chi connectivity index (χ1n) is 16.2. The third kappa shape index (κ3) is 5.56. The van der Waals surface area contributed by atoms with E-state index in [0.717, 1.165) is 85.2 Å². The Kier molecular flexibility index (Phi) is 7.70. The minimum atomic E-state index is -0.121. The summed E-state index contributed by atoms with van der Waals surface area (Å²) in [5.41, 5.74) is 12.7. The van der Waals surface area contributed by atoms with Gasteiger partial charge in [-0.25, -0.2) is 0 Å². The first kappa shape index (κ1) is 28.4. The van der Waals surface area contributed by atoms with E-state index in [0.29, 0.717) is 18.2 Å². The molecular formula is C35H45N5O3. The molecule has 0 aliphatic carbocycles. The second kappa shape index (κ2) is 11.6. The Morgan fingerprint density at radius 3 is 2.72 bits per heavy atom. The van der Waals surface area contributed by atoms with Crippen molar-refractivity contribution < 1.29 is 13.9 Å². The Morgan fingerprint density at radius 1 is 1.05 bits per heavy atom. The first-order valence-corrected chi connectivity index (χ1v) is 16.2. The zero-order chi connectivity index (χ0) is 29.6. The molecule has 1 amide bonds. The molecule has 8 heteroatoms. The number of nitrogens with one attached hydrogen (secondary N) is 2. The highest BCUT2D eigenvalue weighted by Crippen LogP contribution is 2.38. The lowest BCUT2D eigenvalue weighted by Gasteiger charge is -2.53. The highest BCUT2D eigenvalue weighted by molar-refractivity contribution is 5.99. The summed E-state index contributed by atoms with van der Waals surface area (Å²) in [6.45, 7) is 9.99. The number of ether oxygens (including phenoxy) is 1. The molecule has 2 aromatic heterocycles. The van der Waals surface area contributed by atoms with E-state index in [9.17, 15) is 4.79 Å². The molecule has 2 aromatic carbocycles. The summed E-state index contributed by atoms with van der Waals surface area (Å²) in [7, 11) is 0. The van der Waals surface area contributed by atoms with E-state index < -0.39 is 0 Å². The highest BCUT2D eigenvalue weighted by Gasteiger charge is 2.44. The lowest BCUT2D eigenvalue weighted by molar-refractivity contribution is -0.0449. The molecule has 0 radical (unpaired) electrons. The highest BCUT2D eigenvalue weighted by atomic mass is 16.5. The number of hydrogen-bond donors (Lipinski definition) is 3. The molecule has 3 fully saturated rings. The average Bonchev–Trinajstić information content (AvgIpc) is 3.62. The molecule has 2 atom stereocenters. The number of carbonyl (C=O) groups is 1. The standard InChI is InChI=1S/C35H45N5O3/c1-23-17-28-25(22-43-33(28)18-24(23)2)21-42-32-9-5-8-30-29(32)19-31(38-30)34(41)37-27-10-15-39(16-11-27)20-26-7-6-14-40-13-4-3-12-35(26,40)36/h5,8-9,17-19,22,26-27,38H,3-4,6-7,10-16,20-21,36H2,1-2H3,(H,37,41)/t26-,35+/m0/s1. The monoisotopic (exact) mass is 583 g/mol. The van der Waals surface area contributed by atoms with Crippen LogP contribution >= 0.6 is 0 Å². The van der Waals surface area contributed by atoms with Crippen LogP contribution in [0, 0.1) is 19.8 Å². The topological polar surface area (TPSA) is 99.8 Å². The second-order valence-corrected chi connectivity index (χ2v) is 13.2. The number of aromatic amines is 1. The number of fused-ring (bicyclic) bond motifs is 3. The van der Waals surface area contributed by atoms with Crippen molar-refractivity contribution >= 4 is 27.8 Å². The van der Waals surface area contributed by atoms with Crippen molar-refractivity contribution in [2.45, 2.75) is 77.1 Å². The van der Waals surface area contributed by atoms with E-state index in [2.05, 4.69) is 46.1 Å². The summed E-state index contributed by atoms with van der Waals surface area (Å²) in [6, 6.07) is 12.2. The molecule has 0 spiro atoms. The van der Waals surface area contributed by atoms with Gasteiger partial charge in [-0.15, -0.1) is 0 Å². The number of nitrogens with zero attached hydrogens (tertiary/aromatic N) is 2. The Balaban J connectivity index is 0.958. The lowest BCUT2D eigenvalue weighted by Crippen LogP contribution is -2.67. The van der Waals surface area contributed by atoms with Crippen LogP contribution in [0.3, 0.4) is 0 Å². The van der Waals surface area contributed by atoms with Gasteiger partial charge in [0.05, 0.1) is 11.9 Å². The smallest absolute Gasteiger partial charge is 0.267 e. The van der Waals surface area contributed by atoms with E-state index in [1.807, 2.05) is 24.3 Å². The number of H-pyrrole nitrogens is 1. The van der Waals surface area contributed by atoms with Gasteiger partial charge in [0.2, 0.25) is 0 Å². The van der Waals surface area contributed by atoms with E-state index in [1.54, 1.807) is 6.26 Å². The van der Waals surface area contributed by atoms with Gasteiger partial charge < -0.3 is 30.1 Å². The summed E-state index contributed by atoms with van der Waals surface area (Å²) in [4.78, 5) is 21.8. The van der Waals surface area contributed by atoms with Crippen LogP contribution in [0.5, 0.6) is 5.75 Å². The van der Waals surface area contributed by atoms with Gasteiger partial charge in [-0.3, -0.25) is 9.69 Å². The molecule has 7 rings (SSSR count). The number of carbonyl (C=O) groups excluding carboxylic acids is 1. The Labute approximate surface area is 253 Å². The van der Waals surface area contributed by atoms with Gasteiger partial charge in [-0.1, -0.05) is 6.07 Å². The van der Waals surface area contributed by atoms with Gasteiger partial charge in [0, 0.05) is 53.4 Å². The number of likely N-dealkylation sites (tertiary alicyclic amines) is 1. The van der Waals surface area contributed by atoms with Crippen molar-refractivity contribution in [3.05, 3.63) is 65.0 Å². The van der Waals surface area contributed by atoms with Gasteiger partial charge >= 0.3 is 0 Å². The third-order valence-electron chi connectivity index (χ3n) is 10.5. The number of aromatic nitrogens is 1. The molecule has 0 unspecified atom stereocenters. The molecular weight excluding hydrogens is 538 g/mol. The van der Waals surface area contributed by atoms with Crippen LogP contribution in [0.4, 0.5) is 0 Å². The second-order valence-electron chi connectivity index (χ2n) is 13.2. The average molecular weight is 584 g/mol. The normalized spacial score (nSPS) is 23.9. The molecule has 0 bridgehead atoms. The number of nitrogens with two attached hydrogens (primary N) is 1. The van der Waals surface area contributed by atoms with Crippen LogP contribution in [0.25, 0.3) is 21.9 Å². The number of rotatable bonds is 7. The Hall–Kier alpha value is -3.33. The van der Waals surface area contributed by atoms with Crippen LogP contribution in [0.2, 0.25) is 0 Å². The number of hydrogen-bond acceptors (Lipinski definition) is 6. The van der Waals surface area contributed by atoms with E-state index in [-0.39, 0.29) is 17.6 Å². The van der Waals surface area contributed by atoms with E-state index in [1.165, 1.54) is 36.8 Å². The maximum absolute atomic E-state index is 13.3. The van der Waals surface area contributed by atoms with E-state index >= 15 is 0 Å². The maximum atomic E-state index is 13.3. The van der Waals surface area contributed by atoms with Crippen molar-refractivity contribution in [3.8, 4) is 5.75 Å². The molecule has 3 saturated heterocycles. The molecule has 228 valence electrons. The first-order chi connectivity index (χ1) is 20.9. The summed E-state index contributed by atoms with van der Waals surface area (Å²) in [5, 5.41) is 5.28. The van der Waals surface area contributed by atoms with Crippen LogP contribution in [-0.4, -0.2) is 65.1 Å². The molecule has 4 aromatic rings. The minimum Gasteiger partial charge on any atom is -0.488 e. The number of benzene rings is 2. The molecule has 4 N–H and O–H groups in total. The summed E-state index contributed by atoms with van der Waals surface area (Å²) >= 11 is 0. The number of amides is 1. The predicted molar refractivity (Wildman–Crippen MR) is 170 cm³/mol. The maximum Gasteiger partial charge on any atom is 0.267 e. The van der Waals surface area contributed by atoms with Crippen LogP contribution < -0.4 is 15.8 Å². The van der Waals surface area contributed by atoms with Gasteiger partial charge in [0.1, 0.15) is 23.6 Å². The van der Waals surface area contributed by atoms with Crippen molar-refractivity contribution in [1.29, 1.82) is 0 Å². The zero-order valence-electron chi connectivity index (χ0n) is 25.6. The fourth-order valence-corrected chi connectivity index (χ4v) is 7.70. The van der Waals surface area contributed by atoms with Gasteiger partial charge in [0.25, 0.3) is 5.91 Å². The number of furan rings is 1. The molecule has 3 aliphatic heterocycles. The number of piperidine rings is 3. The van der Waals surface area contributed by atoms with Crippen molar-refractivity contribution in [1.82, 2.24) is 20.1 Å². The van der Waals surface area contributed by atoms with Crippen LogP contribution in [0.15, 0.2) is 47.1 Å². The van der Waals surface area contributed by atoms with Crippen molar-refractivity contribution in [2.75, 3.05) is 32.7 Å². The molecule has 43 heavy (non-hydrogen) atoms. The minimum absolute atomic E-state index is 0.0571.